The second-order valence-corrected chi connectivity index (χ2v) is 3.56. The van der Waals surface area contributed by atoms with Crippen LogP contribution >= 0.6 is 0 Å². The number of hydrogen-bond acceptors (Lipinski definition) is 3. The lowest BCUT2D eigenvalue weighted by Gasteiger charge is -2.24. The zero-order chi connectivity index (χ0) is 12.1. The fourth-order valence-corrected chi connectivity index (χ4v) is 1.71. The number of primary amides is 1. The number of nitriles is 1. The zero-order valence-electron chi connectivity index (χ0n) is 9.53. The van der Waals surface area contributed by atoms with E-state index in [1.807, 2.05) is 30.9 Å². The van der Waals surface area contributed by atoms with Crippen LogP contribution in [0.2, 0.25) is 0 Å². The van der Waals surface area contributed by atoms with Crippen LogP contribution in [0.4, 0.5) is 5.69 Å². The lowest BCUT2D eigenvalue weighted by Crippen LogP contribution is -2.34. The van der Waals surface area contributed by atoms with Crippen LogP contribution in [0.3, 0.4) is 0 Å². The molecule has 1 rings (SSSR count). The van der Waals surface area contributed by atoms with E-state index in [2.05, 4.69) is 6.07 Å². The Morgan fingerprint density at radius 1 is 1.56 bits per heavy atom. The molecule has 0 aliphatic rings. The molecule has 0 aromatic heterocycles. The fraction of sp³-hybridized carbons (Fsp3) is 0.333. The summed E-state index contributed by atoms with van der Waals surface area (Å²) in [5.74, 6) is -0.394. The molecule has 4 nitrogen and oxygen atoms in total. The van der Waals surface area contributed by atoms with Crippen molar-refractivity contribution in [2.45, 2.75) is 13.8 Å². The van der Waals surface area contributed by atoms with E-state index in [1.54, 1.807) is 6.07 Å². The molecule has 2 N–H and O–H groups in total. The Balaban J connectivity index is 3.18. The number of benzene rings is 1. The molecule has 0 heterocycles. The summed E-state index contributed by atoms with van der Waals surface area (Å²) < 4.78 is 0. The summed E-state index contributed by atoms with van der Waals surface area (Å²) in [4.78, 5) is 12.8. The fourth-order valence-electron chi connectivity index (χ4n) is 1.71. The molecular formula is C12H15N3O. The maximum Gasteiger partial charge on any atom is 0.236 e. The predicted molar refractivity (Wildman–Crippen MR) is 63.0 cm³/mol. The summed E-state index contributed by atoms with van der Waals surface area (Å²) in [6.45, 7) is 4.62. The van der Waals surface area contributed by atoms with Crippen LogP contribution in [0, 0.1) is 18.3 Å². The molecule has 0 saturated heterocycles. The van der Waals surface area contributed by atoms with Gasteiger partial charge in [-0.1, -0.05) is 12.1 Å². The van der Waals surface area contributed by atoms with Crippen LogP contribution < -0.4 is 10.6 Å². The summed E-state index contributed by atoms with van der Waals surface area (Å²) in [5, 5.41) is 9.03. The van der Waals surface area contributed by atoms with Gasteiger partial charge in [0.2, 0.25) is 5.91 Å². The van der Waals surface area contributed by atoms with Crippen molar-refractivity contribution in [2.75, 3.05) is 18.0 Å². The van der Waals surface area contributed by atoms with Gasteiger partial charge in [-0.05, 0) is 25.5 Å². The molecule has 1 aromatic rings. The summed E-state index contributed by atoms with van der Waals surface area (Å²) in [7, 11) is 0. The first-order valence-electron chi connectivity index (χ1n) is 5.13. The van der Waals surface area contributed by atoms with E-state index in [0.29, 0.717) is 12.1 Å². The van der Waals surface area contributed by atoms with Crippen LogP contribution in [-0.2, 0) is 4.79 Å². The topological polar surface area (TPSA) is 70.1 Å². The van der Waals surface area contributed by atoms with Gasteiger partial charge in [-0.3, -0.25) is 4.79 Å². The number of hydrogen-bond donors (Lipinski definition) is 1. The predicted octanol–water partition coefficient (Wildman–Crippen LogP) is 1.18. The standard InChI is InChI=1S/C12H15N3O/c1-3-15(8-11(14)16)12-9(2)5-4-6-10(12)7-13/h4-6H,3,8H2,1-2H3,(H2,14,16). The van der Waals surface area contributed by atoms with Crippen molar-refractivity contribution in [3.05, 3.63) is 29.3 Å². The molecule has 1 amide bonds. The largest absolute Gasteiger partial charge is 0.368 e. The Kier molecular flexibility index (Phi) is 3.90. The van der Waals surface area contributed by atoms with Gasteiger partial charge >= 0.3 is 0 Å². The van der Waals surface area contributed by atoms with E-state index in [9.17, 15) is 4.79 Å². The third kappa shape index (κ3) is 2.51. The van der Waals surface area contributed by atoms with E-state index >= 15 is 0 Å². The molecule has 0 radical (unpaired) electrons. The second-order valence-electron chi connectivity index (χ2n) is 3.56. The van der Waals surface area contributed by atoms with Crippen molar-refractivity contribution in [3.63, 3.8) is 0 Å². The van der Waals surface area contributed by atoms with Gasteiger partial charge < -0.3 is 10.6 Å². The number of likely N-dealkylation sites (N-methyl/N-ethyl adjacent to an activating group) is 1. The number of para-hydroxylation sites is 1. The van der Waals surface area contributed by atoms with Gasteiger partial charge in [-0.15, -0.1) is 0 Å². The molecule has 0 aliphatic heterocycles. The van der Waals surface area contributed by atoms with E-state index in [4.69, 9.17) is 11.0 Å². The first kappa shape index (κ1) is 12.1. The molecule has 0 fully saturated rings. The highest BCUT2D eigenvalue weighted by Crippen LogP contribution is 2.24. The summed E-state index contributed by atoms with van der Waals surface area (Å²) in [6.07, 6.45) is 0. The minimum absolute atomic E-state index is 0.135. The molecule has 0 atom stereocenters. The van der Waals surface area contributed by atoms with Crippen LogP contribution in [0.15, 0.2) is 18.2 Å². The molecule has 16 heavy (non-hydrogen) atoms. The van der Waals surface area contributed by atoms with Gasteiger partial charge in [0.05, 0.1) is 17.8 Å². The number of aryl methyl sites for hydroxylation is 1. The third-order valence-electron chi connectivity index (χ3n) is 2.40. The maximum absolute atomic E-state index is 11.0. The van der Waals surface area contributed by atoms with Crippen LogP contribution in [0.5, 0.6) is 0 Å². The molecule has 1 aromatic carbocycles. The Bertz CT molecular complexity index is 434. The lowest BCUT2D eigenvalue weighted by molar-refractivity contribution is -0.116. The number of rotatable bonds is 4. The van der Waals surface area contributed by atoms with Crippen molar-refractivity contribution in [1.29, 1.82) is 5.26 Å². The van der Waals surface area contributed by atoms with Gasteiger partial charge in [0.25, 0.3) is 0 Å². The highest BCUT2D eigenvalue weighted by molar-refractivity contribution is 5.81. The number of amides is 1. The van der Waals surface area contributed by atoms with Gasteiger partial charge in [0.15, 0.2) is 0 Å². The molecule has 0 spiro atoms. The quantitative estimate of drug-likeness (QED) is 0.823. The van der Waals surface area contributed by atoms with Crippen LogP contribution in [-0.4, -0.2) is 19.0 Å². The monoisotopic (exact) mass is 217 g/mol. The van der Waals surface area contributed by atoms with Crippen LogP contribution in [0.25, 0.3) is 0 Å². The second kappa shape index (κ2) is 5.17. The normalized spacial score (nSPS) is 9.56. The van der Waals surface area contributed by atoms with Crippen molar-refractivity contribution in [3.8, 4) is 6.07 Å². The minimum atomic E-state index is -0.394. The average molecular weight is 217 g/mol. The van der Waals surface area contributed by atoms with E-state index < -0.39 is 5.91 Å². The van der Waals surface area contributed by atoms with Crippen LogP contribution in [0.1, 0.15) is 18.1 Å². The third-order valence-corrected chi connectivity index (χ3v) is 2.40. The number of carbonyl (C=O) groups is 1. The Labute approximate surface area is 95.3 Å². The lowest BCUT2D eigenvalue weighted by atomic mass is 10.1. The van der Waals surface area contributed by atoms with Gasteiger partial charge in [-0.25, -0.2) is 0 Å². The Morgan fingerprint density at radius 2 is 2.25 bits per heavy atom. The highest BCUT2D eigenvalue weighted by atomic mass is 16.1. The van der Waals surface area contributed by atoms with Crippen molar-refractivity contribution < 1.29 is 4.79 Å². The molecule has 0 bridgehead atoms. The van der Waals surface area contributed by atoms with Gasteiger partial charge in [0, 0.05) is 6.54 Å². The number of anilines is 1. The molecule has 84 valence electrons. The van der Waals surface area contributed by atoms with Gasteiger partial charge in [-0.2, -0.15) is 5.26 Å². The number of nitrogens with two attached hydrogens (primary N) is 1. The molecule has 0 saturated carbocycles. The average Bonchev–Trinajstić information content (AvgIpc) is 2.25. The smallest absolute Gasteiger partial charge is 0.236 e. The van der Waals surface area contributed by atoms with E-state index in [-0.39, 0.29) is 6.54 Å². The number of nitrogens with zero attached hydrogens (tertiary/aromatic N) is 2. The maximum atomic E-state index is 11.0. The van der Waals surface area contributed by atoms with Crippen molar-refractivity contribution >= 4 is 11.6 Å². The SMILES string of the molecule is CCN(CC(N)=O)c1c(C)cccc1C#N. The molecule has 0 aliphatic carbocycles. The summed E-state index contributed by atoms with van der Waals surface area (Å²) in [5.41, 5.74) is 7.53. The Hall–Kier alpha value is -2.02. The molecule has 0 unspecified atom stereocenters. The number of carbonyl (C=O) groups excluding carboxylic acids is 1. The molecular weight excluding hydrogens is 202 g/mol. The van der Waals surface area contributed by atoms with Crippen molar-refractivity contribution in [1.82, 2.24) is 0 Å². The first-order chi connectivity index (χ1) is 7.60. The van der Waals surface area contributed by atoms with E-state index in [0.717, 1.165) is 11.3 Å². The zero-order valence-corrected chi connectivity index (χ0v) is 9.53. The Morgan fingerprint density at radius 3 is 2.75 bits per heavy atom. The highest BCUT2D eigenvalue weighted by Gasteiger charge is 2.13. The minimum Gasteiger partial charge on any atom is -0.368 e. The summed E-state index contributed by atoms with van der Waals surface area (Å²) in [6, 6.07) is 7.62. The molecule has 4 heteroatoms. The summed E-state index contributed by atoms with van der Waals surface area (Å²) >= 11 is 0. The van der Waals surface area contributed by atoms with Gasteiger partial charge in [0.1, 0.15) is 6.07 Å². The van der Waals surface area contributed by atoms with E-state index in [1.165, 1.54) is 0 Å². The first-order valence-corrected chi connectivity index (χ1v) is 5.13. The van der Waals surface area contributed by atoms with Crippen molar-refractivity contribution in [2.24, 2.45) is 5.73 Å².